The van der Waals surface area contributed by atoms with E-state index < -0.39 is 23.5 Å². The Morgan fingerprint density at radius 2 is 1.92 bits per heavy atom. The molecule has 0 saturated heterocycles. The van der Waals surface area contributed by atoms with Crippen molar-refractivity contribution in [1.82, 2.24) is 4.90 Å². The fourth-order valence-corrected chi connectivity index (χ4v) is 3.14. The van der Waals surface area contributed by atoms with E-state index in [1.807, 2.05) is 0 Å². The van der Waals surface area contributed by atoms with Crippen molar-refractivity contribution in [3.8, 4) is 0 Å². The van der Waals surface area contributed by atoms with Gasteiger partial charge in [0.15, 0.2) is 0 Å². The predicted octanol–water partition coefficient (Wildman–Crippen LogP) is 3.11. The van der Waals surface area contributed by atoms with Gasteiger partial charge in [0.1, 0.15) is 11.6 Å². The van der Waals surface area contributed by atoms with Gasteiger partial charge in [-0.1, -0.05) is 24.3 Å². The van der Waals surface area contributed by atoms with E-state index in [2.05, 4.69) is 0 Å². The maximum Gasteiger partial charge on any atom is 0.312 e. The summed E-state index contributed by atoms with van der Waals surface area (Å²) in [5.74, 6) is -3.14. The highest BCUT2D eigenvalue weighted by Gasteiger charge is 2.32. The van der Waals surface area contributed by atoms with E-state index in [0.29, 0.717) is 6.54 Å². The van der Waals surface area contributed by atoms with Gasteiger partial charge in [-0.2, -0.15) is 0 Å². The Bertz CT molecular complexity index is 822. The van der Waals surface area contributed by atoms with Crippen LogP contribution in [0.5, 0.6) is 0 Å². The lowest BCUT2D eigenvalue weighted by Gasteiger charge is -2.33. The third kappa shape index (κ3) is 3.68. The molecule has 0 saturated carbocycles. The van der Waals surface area contributed by atoms with Gasteiger partial charge < -0.3 is 10.0 Å². The van der Waals surface area contributed by atoms with Crippen LogP contribution in [0.15, 0.2) is 42.5 Å². The summed E-state index contributed by atoms with van der Waals surface area (Å²) >= 11 is 0. The van der Waals surface area contributed by atoms with E-state index in [1.54, 1.807) is 24.3 Å². The molecule has 1 aliphatic rings. The van der Waals surface area contributed by atoms with Crippen molar-refractivity contribution in [1.29, 1.82) is 0 Å². The van der Waals surface area contributed by atoms with Crippen molar-refractivity contribution >= 4 is 11.9 Å². The van der Waals surface area contributed by atoms with Crippen LogP contribution in [0.4, 0.5) is 8.78 Å². The summed E-state index contributed by atoms with van der Waals surface area (Å²) in [5, 5.41) is 9.43. The topological polar surface area (TPSA) is 57.6 Å². The first kappa shape index (κ1) is 17.1. The molecular weight excluding hydrogens is 328 g/mol. The second-order valence-electron chi connectivity index (χ2n) is 6.10. The molecule has 130 valence electrons. The number of carboxylic acids is 1. The van der Waals surface area contributed by atoms with E-state index in [9.17, 15) is 23.5 Å². The van der Waals surface area contributed by atoms with Gasteiger partial charge in [-0.3, -0.25) is 9.59 Å². The van der Waals surface area contributed by atoms with Crippen LogP contribution in [0.25, 0.3) is 0 Å². The van der Waals surface area contributed by atoms with Crippen LogP contribution in [-0.4, -0.2) is 28.4 Å². The number of benzene rings is 2. The minimum atomic E-state index is -0.985. The molecule has 6 heteroatoms. The fourth-order valence-electron chi connectivity index (χ4n) is 3.14. The lowest BCUT2D eigenvalue weighted by atomic mass is 9.89. The summed E-state index contributed by atoms with van der Waals surface area (Å²) in [6.07, 6.45) is 0.0627. The van der Waals surface area contributed by atoms with Crippen LogP contribution < -0.4 is 0 Å². The summed E-state index contributed by atoms with van der Waals surface area (Å²) < 4.78 is 26.9. The van der Waals surface area contributed by atoms with Crippen LogP contribution >= 0.6 is 0 Å². The van der Waals surface area contributed by atoms with Crippen molar-refractivity contribution in [3.63, 3.8) is 0 Å². The molecule has 1 amide bonds. The monoisotopic (exact) mass is 345 g/mol. The second kappa shape index (κ2) is 7.01. The number of aliphatic carboxylic acids is 1. The third-order valence-electron chi connectivity index (χ3n) is 4.46. The Balaban J connectivity index is 1.73. The molecule has 0 aromatic heterocycles. The molecule has 3 rings (SSSR count). The molecule has 4 nitrogen and oxygen atoms in total. The van der Waals surface area contributed by atoms with Gasteiger partial charge in [-0.15, -0.1) is 0 Å². The van der Waals surface area contributed by atoms with Gasteiger partial charge in [0, 0.05) is 19.5 Å². The first-order valence-electron chi connectivity index (χ1n) is 7.98. The van der Waals surface area contributed by atoms with Gasteiger partial charge in [-0.25, -0.2) is 8.78 Å². The normalized spacial score (nSPS) is 16.4. The van der Waals surface area contributed by atoms with Gasteiger partial charge in [0.2, 0.25) is 5.91 Å². The van der Waals surface area contributed by atoms with Crippen LogP contribution in [0.1, 0.15) is 29.0 Å². The quantitative estimate of drug-likeness (QED) is 0.926. The van der Waals surface area contributed by atoms with Crippen molar-refractivity contribution in [2.24, 2.45) is 0 Å². The molecule has 1 N–H and O–H groups in total. The molecule has 0 radical (unpaired) electrons. The Morgan fingerprint density at radius 3 is 2.68 bits per heavy atom. The Morgan fingerprint density at radius 1 is 1.16 bits per heavy atom. The average molecular weight is 345 g/mol. The minimum absolute atomic E-state index is 0.00508. The van der Waals surface area contributed by atoms with Crippen molar-refractivity contribution in [3.05, 3.63) is 70.8 Å². The number of amides is 1. The number of hydrogen-bond donors (Lipinski definition) is 1. The van der Waals surface area contributed by atoms with Gasteiger partial charge >= 0.3 is 5.97 Å². The van der Waals surface area contributed by atoms with Gasteiger partial charge in [0.25, 0.3) is 0 Å². The highest BCUT2D eigenvalue weighted by Crippen LogP contribution is 2.29. The second-order valence-corrected chi connectivity index (χ2v) is 6.10. The maximum absolute atomic E-state index is 13.7. The van der Waals surface area contributed by atoms with Gasteiger partial charge in [-0.05, 0) is 41.3 Å². The van der Waals surface area contributed by atoms with E-state index in [0.717, 1.165) is 29.3 Å². The highest BCUT2D eigenvalue weighted by molar-refractivity contribution is 5.81. The summed E-state index contributed by atoms with van der Waals surface area (Å²) in [4.78, 5) is 25.5. The smallest absolute Gasteiger partial charge is 0.312 e. The minimum Gasteiger partial charge on any atom is -0.481 e. The molecule has 0 aliphatic carbocycles. The lowest BCUT2D eigenvalue weighted by molar-refractivity contribution is -0.141. The first-order valence-corrected chi connectivity index (χ1v) is 7.98. The molecule has 0 spiro atoms. The zero-order chi connectivity index (χ0) is 18.0. The summed E-state index contributed by atoms with van der Waals surface area (Å²) in [5.41, 5.74) is 1.65. The fraction of sp³-hybridized carbons (Fsp3) is 0.263. The molecule has 25 heavy (non-hydrogen) atoms. The number of aryl methyl sites for hydroxylation is 1. The number of hydrogen-bond acceptors (Lipinski definition) is 2. The van der Waals surface area contributed by atoms with Crippen LogP contribution in [0, 0.1) is 11.6 Å². The Hall–Kier alpha value is -2.76. The molecule has 2 aromatic carbocycles. The summed E-state index contributed by atoms with van der Waals surface area (Å²) in [6.45, 7) is 0.404. The zero-order valence-corrected chi connectivity index (χ0v) is 13.4. The van der Waals surface area contributed by atoms with Crippen LogP contribution in [-0.2, 0) is 22.6 Å². The van der Waals surface area contributed by atoms with E-state index in [-0.39, 0.29) is 30.9 Å². The molecule has 0 fully saturated rings. The number of nitrogens with zero attached hydrogens (tertiary/aromatic N) is 1. The molecule has 1 aliphatic heterocycles. The molecule has 2 aromatic rings. The van der Waals surface area contributed by atoms with Crippen molar-refractivity contribution in [2.45, 2.75) is 25.3 Å². The van der Waals surface area contributed by atoms with Crippen LogP contribution in [0.2, 0.25) is 0 Å². The standard InChI is InChI=1S/C19H17F2NO3/c20-14-6-7-17(21)12(9-14)5-8-18(23)22-10-13-3-1-2-4-15(13)16(11-22)19(24)25/h1-4,6-7,9,16H,5,8,10-11H2,(H,24,25). The zero-order valence-electron chi connectivity index (χ0n) is 13.4. The van der Waals surface area contributed by atoms with Gasteiger partial charge in [0.05, 0.1) is 5.92 Å². The first-order chi connectivity index (χ1) is 12.0. The number of carbonyl (C=O) groups is 2. The van der Waals surface area contributed by atoms with E-state index >= 15 is 0 Å². The number of carbonyl (C=O) groups excluding carboxylic acids is 1. The Labute approximate surface area is 143 Å². The molecular formula is C19H17F2NO3. The number of halogens is 2. The average Bonchev–Trinajstić information content (AvgIpc) is 2.61. The summed E-state index contributed by atoms with van der Waals surface area (Å²) in [7, 11) is 0. The maximum atomic E-state index is 13.7. The van der Waals surface area contributed by atoms with E-state index in [4.69, 9.17) is 0 Å². The van der Waals surface area contributed by atoms with Crippen molar-refractivity contribution in [2.75, 3.05) is 6.54 Å². The van der Waals surface area contributed by atoms with E-state index in [1.165, 1.54) is 4.90 Å². The molecule has 1 heterocycles. The largest absolute Gasteiger partial charge is 0.481 e. The molecule has 1 unspecified atom stereocenters. The SMILES string of the molecule is O=C(O)C1CN(C(=O)CCc2cc(F)ccc2F)Cc2ccccc21. The van der Waals surface area contributed by atoms with Crippen LogP contribution in [0.3, 0.4) is 0 Å². The van der Waals surface area contributed by atoms with Crippen molar-refractivity contribution < 1.29 is 23.5 Å². The number of rotatable bonds is 4. The third-order valence-corrected chi connectivity index (χ3v) is 4.46. The predicted molar refractivity (Wildman–Crippen MR) is 86.9 cm³/mol. The summed E-state index contributed by atoms with van der Waals surface area (Å²) in [6, 6.07) is 10.3. The number of fused-ring (bicyclic) bond motifs is 1. The number of carboxylic acid groups (broad SMARTS) is 1. The molecule has 0 bridgehead atoms. The Kier molecular flexibility index (Phi) is 4.79. The lowest BCUT2D eigenvalue weighted by Crippen LogP contribution is -2.40. The highest BCUT2D eigenvalue weighted by atomic mass is 19.1. The molecule has 1 atom stereocenters.